The smallest absolute Gasteiger partial charge is 0.120 e. The molecule has 0 amide bonds. The Bertz CT molecular complexity index is 422. The molecule has 1 aromatic carbocycles. The molecule has 21 heavy (non-hydrogen) atoms. The summed E-state index contributed by atoms with van der Waals surface area (Å²) in [5.41, 5.74) is 0. The van der Waals surface area contributed by atoms with E-state index in [9.17, 15) is 5.11 Å². The van der Waals surface area contributed by atoms with Crippen LogP contribution in [0.1, 0.15) is 12.8 Å². The number of hydrogen-bond acceptors (Lipinski definition) is 4. The van der Waals surface area contributed by atoms with E-state index in [0.717, 1.165) is 12.5 Å². The Morgan fingerprint density at radius 1 is 1.43 bits per heavy atom. The first-order chi connectivity index (χ1) is 10.1. The van der Waals surface area contributed by atoms with Gasteiger partial charge in [-0.15, -0.1) is 0 Å². The van der Waals surface area contributed by atoms with Crippen LogP contribution in [-0.4, -0.2) is 55.9 Å². The van der Waals surface area contributed by atoms with Crippen LogP contribution >= 0.6 is 11.6 Å². The Hall–Kier alpha value is -0.810. The highest BCUT2D eigenvalue weighted by atomic mass is 35.5. The summed E-state index contributed by atoms with van der Waals surface area (Å²) < 4.78 is 5.52. The van der Waals surface area contributed by atoms with Gasteiger partial charge in [0.15, 0.2) is 0 Å². The van der Waals surface area contributed by atoms with Gasteiger partial charge >= 0.3 is 0 Å². The normalized spacial score (nSPS) is 18.6. The molecule has 1 fully saturated rings. The monoisotopic (exact) mass is 312 g/mol. The van der Waals surface area contributed by atoms with E-state index in [2.05, 4.69) is 17.3 Å². The van der Waals surface area contributed by atoms with E-state index in [1.165, 1.54) is 25.9 Å². The topological polar surface area (TPSA) is 44.7 Å². The molecule has 0 bridgehead atoms. The van der Waals surface area contributed by atoms with Gasteiger partial charge in [-0.3, -0.25) is 0 Å². The van der Waals surface area contributed by atoms with Crippen LogP contribution < -0.4 is 10.1 Å². The fourth-order valence-electron chi connectivity index (χ4n) is 2.53. The summed E-state index contributed by atoms with van der Waals surface area (Å²) in [6.45, 7) is 4.16. The van der Waals surface area contributed by atoms with Crippen molar-refractivity contribution in [2.24, 2.45) is 5.92 Å². The van der Waals surface area contributed by atoms with E-state index in [-0.39, 0.29) is 6.61 Å². The Kier molecular flexibility index (Phi) is 6.77. The molecule has 1 aliphatic heterocycles. The molecule has 4 nitrogen and oxygen atoms in total. The number of nitrogens with one attached hydrogen (secondary N) is 1. The van der Waals surface area contributed by atoms with Gasteiger partial charge in [0.1, 0.15) is 18.5 Å². The van der Waals surface area contributed by atoms with Crippen LogP contribution in [0.2, 0.25) is 5.02 Å². The molecule has 5 heteroatoms. The number of halogens is 1. The van der Waals surface area contributed by atoms with Crippen molar-refractivity contribution < 1.29 is 9.84 Å². The van der Waals surface area contributed by atoms with Crippen LogP contribution in [0.15, 0.2) is 24.3 Å². The standard InChI is InChI=1S/C16H25ClN2O2/c1-19-7-5-13(6-8-19)10-18-11-15(20)12-21-16-4-2-3-14(17)9-16/h2-4,9,13,15,18,20H,5-8,10-12H2,1H3. The fraction of sp³-hybridized carbons (Fsp3) is 0.625. The van der Waals surface area contributed by atoms with Crippen molar-refractivity contribution >= 4 is 11.6 Å². The van der Waals surface area contributed by atoms with Gasteiger partial charge in [0.25, 0.3) is 0 Å². The third-order valence-electron chi connectivity index (χ3n) is 3.89. The maximum Gasteiger partial charge on any atom is 0.120 e. The minimum Gasteiger partial charge on any atom is -0.491 e. The lowest BCUT2D eigenvalue weighted by molar-refractivity contribution is 0.104. The summed E-state index contributed by atoms with van der Waals surface area (Å²) in [7, 11) is 2.17. The van der Waals surface area contributed by atoms with Gasteiger partial charge < -0.3 is 20.1 Å². The van der Waals surface area contributed by atoms with E-state index in [0.29, 0.717) is 17.3 Å². The molecule has 2 rings (SSSR count). The van der Waals surface area contributed by atoms with Crippen LogP contribution in [0.25, 0.3) is 0 Å². The van der Waals surface area contributed by atoms with Crippen molar-refractivity contribution in [1.29, 1.82) is 0 Å². The number of rotatable bonds is 7. The minimum absolute atomic E-state index is 0.279. The van der Waals surface area contributed by atoms with Crippen LogP contribution in [0.3, 0.4) is 0 Å². The lowest BCUT2D eigenvalue weighted by Gasteiger charge is -2.29. The number of aliphatic hydroxyl groups excluding tert-OH is 1. The van der Waals surface area contributed by atoms with E-state index >= 15 is 0 Å². The molecule has 0 saturated carbocycles. The van der Waals surface area contributed by atoms with E-state index < -0.39 is 6.10 Å². The molecule has 0 aliphatic carbocycles. The molecule has 1 aliphatic rings. The average molecular weight is 313 g/mol. The number of likely N-dealkylation sites (tertiary alicyclic amines) is 1. The number of ether oxygens (including phenoxy) is 1. The SMILES string of the molecule is CN1CCC(CNCC(O)COc2cccc(Cl)c2)CC1. The molecule has 1 heterocycles. The highest BCUT2D eigenvalue weighted by Crippen LogP contribution is 2.17. The molecule has 2 N–H and O–H groups in total. The second-order valence-corrected chi connectivity index (χ2v) is 6.26. The molecule has 118 valence electrons. The predicted octanol–water partition coefficient (Wildman–Crippen LogP) is 2.01. The third kappa shape index (κ3) is 6.22. The van der Waals surface area contributed by atoms with Gasteiger partial charge in [-0.05, 0) is 63.6 Å². The summed E-state index contributed by atoms with van der Waals surface area (Å²) in [6.07, 6.45) is 1.97. The summed E-state index contributed by atoms with van der Waals surface area (Å²) >= 11 is 5.88. The minimum atomic E-state index is -0.504. The van der Waals surface area contributed by atoms with E-state index in [4.69, 9.17) is 16.3 Å². The highest BCUT2D eigenvalue weighted by molar-refractivity contribution is 6.30. The fourth-order valence-corrected chi connectivity index (χ4v) is 2.71. The predicted molar refractivity (Wildman–Crippen MR) is 86.0 cm³/mol. The van der Waals surface area contributed by atoms with Crippen LogP contribution in [0.4, 0.5) is 0 Å². The maximum atomic E-state index is 9.92. The number of piperidine rings is 1. The molecular formula is C16H25ClN2O2. The van der Waals surface area contributed by atoms with Crippen LogP contribution in [-0.2, 0) is 0 Å². The number of benzene rings is 1. The van der Waals surface area contributed by atoms with Crippen molar-refractivity contribution in [3.05, 3.63) is 29.3 Å². The van der Waals surface area contributed by atoms with Gasteiger partial charge in [0, 0.05) is 11.6 Å². The summed E-state index contributed by atoms with van der Waals surface area (Å²) in [6, 6.07) is 7.22. The second-order valence-electron chi connectivity index (χ2n) is 5.83. The van der Waals surface area contributed by atoms with Crippen LogP contribution in [0.5, 0.6) is 5.75 Å². The molecule has 0 aromatic heterocycles. The van der Waals surface area contributed by atoms with Gasteiger partial charge in [-0.1, -0.05) is 17.7 Å². The van der Waals surface area contributed by atoms with Crippen molar-refractivity contribution in [2.45, 2.75) is 18.9 Å². The maximum absolute atomic E-state index is 9.92. The van der Waals surface area contributed by atoms with Crippen molar-refractivity contribution in [2.75, 3.05) is 39.8 Å². The average Bonchev–Trinajstić information content (AvgIpc) is 2.47. The molecule has 1 unspecified atom stereocenters. The molecule has 0 radical (unpaired) electrons. The molecule has 0 spiro atoms. The Morgan fingerprint density at radius 2 is 2.19 bits per heavy atom. The summed E-state index contributed by atoms with van der Waals surface area (Å²) in [5.74, 6) is 1.42. The van der Waals surface area contributed by atoms with E-state index in [1.807, 2.05) is 12.1 Å². The lowest BCUT2D eigenvalue weighted by Crippen LogP contribution is -2.38. The zero-order valence-electron chi connectivity index (χ0n) is 12.6. The highest BCUT2D eigenvalue weighted by Gasteiger charge is 2.16. The summed E-state index contributed by atoms with van der Waals surface area (Å²) in [5, 5.41) is 13.9. The first kappa shape index (κ1) is 16.6. The van der Waals surface area contributed by atoms with Crippen molar-refractivity contribution in [1.82, 2.24) is 10.2 Å². The van der Waals surface area contributed by atoms with E-state index in [1.54, 1.807) is 12.1 Å². The van der Waals surface area contributed by atoms with Crippen molar-refractivity contribution in [3.63, 3.8) is 0 Å². The van der Waals surface area contributed by atoms with Crippen molar-refractivity contribution in [3.8, 4) is 5.75 Å². The number of aliphatic hydroxyl groups is 1. The van der Waals surface area contributed by atoms with Gasteiger partial charge in [0.05, 0.1) is 0 Å². The quantitative estimate of drug-likeness (QED) is 0.808. The number of hydrogen-bond donors (Lipinski definition) is 2. The first-order valence-electron chi connectivity index (χ1n) is 7.59. The van der Waals surface area contributed by atoms with Gasteiger partial charge in [-0.2, -0.15) is 0 Å². The first-order valence-corrected chi connectivity index (χ1v) is 7.97. The summed E-state index contributed by atoms with van der Waals surface area (Å²) in [4.78, 5) is 2.37. The Labute approximate surface area is 132 Å². The third-order valence-corrected chi connectivity index (χ3v) is 4.12. The zero-order valence-corrected chi connectivity index (χ0v) is 13.4. The molecule has 1 saturated heterocycles. The molecule has 1 aromatic rings. The Morgan fingerprint density at radius 3 is 2.90 bits per heavy atom. The Balaban J connectivity index is 1.58. The number of nitrogens with zero attached hydrogens (tertiary/aromatic N) is 1. The lowest BCUT2D eigenvalue weighted by atomic mass is 9.97. The molecule has 1 atom stereocenters. The van der Waals surface area contributed by atoms with Gasteiger partial charge in [-0.25, -0.2) is 0 Å². The van der Waals surface area contributed by atoms with Gasteiger partial charge in [0.2, 0.25) is 0 Å². The largest absolute Gasteiger partial charge is 0.491 e. The zero-order chi connectivity index (χ0) is 15.1. The van der Waals surface area contributed by atoms with Crippen LogP contribution in [0, 0.1) is 5.92 Å². The molecular weight excluding hydrogens is 288 g/mol. The second kappa shape index (κ2) is 8.59.